The van der Waals surface area contributed by atoms with E-state index >= 15 is 0 Å². The van der Waals surface area contributed by atoms with Crippen molar-refractivity contribution in [1.82, 2.24) is 5.32 Å². The van der Waals surface area contributed by atoms with Gasteiger partial charge in [-0.3, -0.25) is 4.99 Å². The summed E-state index contributed by atoms with van der Waals surface area (Å²) in [6.45, 7) is 4.27. The Hall–Kier alpha value is -0.610. The second-order valence-corrected chi connectivity index (χ2v) is 5.41. The third-order valence-corrected chi connectivity index (χ3v) is 4.53. The molecule has 4 heteroatoms. The lowest BCUT2D eigenvalue weighted by atomic mass is 10.1. The Morgan fingerprint density at radius 3 is 2.71 bits per heavy atom. The summed E-state index contributed by atoms with van der Waals surface area (Å²) in [6, 6.07) is 0.163. The topological polar surface area (TPSA) is 24.4 Å². The standard InChI is InChI=1S/C10H11BrN2S/c1-6-9(10(11)7(2)14-6)8-3-4-12-5-13-8/h3-5,8H,1-2H3,(H,12,13)/t8-/m0/s1. The highest BCUT2D eigenvalue weighted by molar-refractivity contribution is 9.10. The van der Waals surface area contributed by atoms with E-state index in [0.717, 1.165) is 0 Å². The van der Waals surface area contributed by atoms with Crippen LogP contribution in [0.25, 0.3) is 0 Å². The van der Waals surface area contributed by atoms with E-state index in [2.05, 4.69) is 46.2 Å². The Morgan fingerprint density at radius 2 is 2.21 bits per heavy atom. The number of hydrogen-bond donors (Lipinski definition) is 1. The summed E-state index contributed by atoms with van der Waals surface area (Å²) < 4.78 is 1.20. The van der Waals surface area contributed by atoms with Gasteiger partial charge in [0.25, 0.3) is 0 Å². The Balaban J connectivity index is 2.44. The maximum absolute atomic E-state index is 4.39. The van der Waals surface area contributed by atoms with Crippen molar-refractivity contribution in [3.8, 4) is 0 Å². The van der Waals surface area contributed by atoms with Gasteiger partial charge in [0.05, 0.1) is 12.4 Å². The number of aryl methyl sites for hydroxylation is 2. The zero-order chi connectivity index (χ0) is 10.1. The number of nitrogens with one attached hydrogen (secondary N) is 1. The number of hydrogen-bond acceptors (Lipinski definition) is 3. The molecule has 0 fully saturated rings. The molecule has 1 aromatic heterocycles. The largest absolute Gasteiger partial charge is 0.353 e. The van der Waals surface area contributed by atoms with E-state index < -0.39 is 0 Å². The molecule has 14 heavy (non-hydrogen) atoms. The molecule has 0 unspecified atom stereocenters. The molecule has 0 aromatic carbocycles. The monoisotopic (exact) mass is 270 g/mol. The summed E-state index contributed by atoms with van der Waals surface area (Å²) in [5, 5.41) is 2.95. The van der Waals surface area contributed by atoms with Gasteiger partial charge in [0.15, 0.2) is 0 Å². The number of rotatable bonds is 1. The van der Waals surface area contributed by atoms with Gasteiger partial charge in [-0.1, -0.05) is 0 Å². The Labute approximate surface area is 95.9 Å². The van der Waals surface area contributed by atoms with Crippen LogP contribution in [0.15, 0.2) is 21.7 Å². The van der Waals surface area contributed by atoms with Crippen LogP contribution in [0.5, 0.6) is 0 Å². The van der Waals surface area contributed by atoms with Crippen molar-refractivity contribution in [3.63, 3.8) is 0 Å². The molecule has 1 atom stereocenters. The smallest absolute Gasteiger partial charge is 0.0986 e. The van der Waals surface area contributed by atoms with Gasteiger partial charge in [0, 0.05) is 26.0 Å². The predicted octanol–water partition coefficient (Wildman–Crippen LogP) is 3.31. The van der Waals surface area contributed by atoms with Crippen LogP contribution in [0.4, 0.5) is 0 Å². The molecule has 1 aromatic rings. The van der Waals surface area contributed by atoms with Crippen molar-refractivity contribution in [2.24, 2.45) is 4.99 Å². The Bertz CT molecular complexity index is 394. The van der Waals surface area contributed by atoms with Gasteiger partial charge in [0.2, 0.25) is 0 Å². The summed E-state index contributed by atoms with van der Waals surface area (Å²) in [6.07, 6.45) is 5.74. The first-order valence-corrected chi connectivity index (χ1v) is 6.01. The highest BCUT2D eigenvalue weighted by atomic mass is 79.9. The molecule has 0 spiro atoms. The van der Waals surface area contributed by atoms with Crippen LogP contribution in [0.3, 0.4) is 0 Å². The molecule has 0 aliphatic carbocycles. The number of nitrogens with zero attached hydrogens (tertiary/aromatic N) is 1. The average molecular weight is 271 g/mol. The van der Waals surface area contributed by atoms with Crippen molar-refractivity contribution in [2.75, 3.05) is 0 Å². The maximum atomic E-state index is 4.39. The molecule has 1 aliphatic rings. The number of halogens is 1. The lowest BCUT2D eigenvalue weighted by Crippen LogP contribution is -2.09. The summed E-state index contributed by atoms with van der Waals surface area (Å²) in [5.74, 6) is 0. The highest BCUT2D eigenvalue weighted by Gasteiger charge is 2.18. The first kappa shape index (κ1) is 9.93. The molecule has 1 aliphatic heterocycles. The molecule has 0 amide bonds. The second kappa shape index (κ2) is 3.87. The molecule has 74 valence electrons. The summed E-state index contributed by atoms with van der Waals surface area (Å²) in [7, 11) is 0. The first-order valence-electron chi connectivity index (χ1n) is 4.40. The van der Waals surface area contributed by atoms with Crippen LogP contribution < -0.4 is 5.32 Å². The lowest BCUT2D eigenvalue weighted by Gasteiger charge is -2.11. The highest BCUT2D eigenvalue weighted by Crippen LogP contribution is 2.38. The molecule has 2 heterocycles. The first-order chi connectivity index (χ1) is 6.70. The second-order valence-electron chi connectivity index (χ2n) is 3.19. The fourth-order valence-electron chi connectivity index (χ4n) is 1.55. The van der Waals surface area contributed by atoms with Crippen molar-refractivity contribution in [2.45, 2.75) is 19.9 Å². The van der Waals surface area contributed by atoms with E-state index in [0.29, 0.717) is 0 Å². The van der Waals surface area contributed by atoms with Crippen LogP contribution in [-0.2, 0) is 0 Å². The van der Waals surface area contributed by atoms with Gasteiger partial charge < -0.3 is 5.32 Å². The molecule has 0 bridgehead atoms. The van der Waals surface area contributed by atoms with Crippen molar-refractivity contribution >= 4 is 33.6 Å². The van der Waals surface area contributed by atoms with Gasteiger partial charge in [-0.05, 0) is 35.9 Å². The molecular weight excluding hydrogens is 260 g/mol. The molecule has 0 saturated carbocycles. The Kier molecular flexibility index (Phi) is 2.74. The molecule has 0 saturated heterocycles. The zero-order valence-corrected chi connectivity index (χ0v) is 10.4. The van der Waals surface area contributed by atoms with Crippen LogP contribution in [0.1, 0.15) is 21.4 Å². The van der Waals surface area contributed by atoms with Gasteiger partial charge >= 0.3 is 0 Å². The molecule has 2 nitrogen and oxygen atoms in total. The van der Waals surface area contributed by atoms with Crippen molar-refractivity contribution in [3.05, 3.63) is 32.1 Å². The number of thiophene rings is 1. The zero-order valence-electron chi connectivity index (χ0n) is 8.04. The van der Waals surface area contributed by atoms with Gasteiger partial charge in [-0.25, -0.2) is 0 Å². The lowest BCUT2D eigenvalue weighted by molar-refractivity contribution is 0.876. The minimum Gasteiger partial charge on any atom is -0.353 e. The molecule has 1 N–H and O–H groups in total. The predicted molar refractivity (Wildman–Crippen MR) is 65.0 cm³/mol. The third-order valence-electron chi connectivity index (χ3n) is 2.21. The molecular formula is C10H11BrN2S. The van der Waals surface area contributed by atoms with E-state index in [1.165, 1.54) is 19.8 Å². The number of aliphatic imine (C=N–C) groups is 1. The maximum Gasteiger partial charge on any atom is 0.0986 e. The van der Waals surface area contributed by atoms with Gasteiger partial charge in [-0.15, -0.1) is 11.3 Å². The average Bonchev–Trinajstić information content (AvgIpc) is 2.43. The van der Waals surface area contributed by atoms with Gasteiger partial charge in [-0.2, -0.15) is 0 Å². The van der Waals surface area contributed by atoms with Crippen molar-refractivity contribution in [1.29, 1.82) is 0 Å². The third kappa shape index (κ3) is 1.64. The summed E-state index contributed by atoms with van der Waals surface area (Å²) in [4.78, 5) is 7.04. The Morgan fingerprint density at radius 1 is 1.43 bits per heavy atom. The van der Waals surface area contributed by atoms with E-state index in [1.807, 2.05) is 17.5 Å². The minimum atomic E-state index is 0.163. The van der Waals surface area contributed by atoms with Gasteiger partial charge in [0.1, 0.15) is 0 Å². The quantitative estimate of drug-likeness (QED) is 0.832. The van der Waals surface area contributed by atoms with Crippen molar-refractivity contribution < 1.29 is 0 Å². The fraction of sp³-hybridized carbons (Fsp3) is 0.300. The van der Waals surface area contributed by atoms with E-state index in [4.69, 9.17) is 0 Å². The summed E-state index contributed by atoms with van der Waals surface area (Å²) in [5.41, 5.74) is 1.29. The van der Waals surface area contributed by atoms with Crippen LogP contribution in [-0.4, -0.2) is 6.34 Å². The fourth-order valence-corrected chi connectivity index (χ4v) is 3.44. The van der Waals surface area contributed by atoms with Crippen LogP contribution >= 0.6 is 27.3 Å². The van der Waals surface area contributed by atoms with E-state index in [9.17, 15) is 0 Å². The summed E-state index contributed by atoms with van der Waals surface area (Å²) >= 11 is 5.43. The molecule has 0 radical (unpaired) electrons. The van der Waals surface area contributed by atoms with E-state index in [1.54, 1.807) is 6.34 Å². The van der Waals surface area contributed by atoms with Crippen LogP contribution in [0, 0.1) is 13.8 Å². The molecule has 2 rings (SSSR count). The van der Waals surface area contributed by atoms with E-state index in [-0.39, 0.29) is 6.04 Å². The SMILES string of the molecule is Cc1sc(C)c([C@@H]2C=CNC=N2)c1Br. The minimum absolute atomic E-state index is 0.163. The normalized spacial score (nSPS) is 19.8. The van der Waals surface area contributed by atoms with Crippen LogP contribution in [0.2, 0.25) is 0 Å².